The molecule has 0 unspecified atom stereocenters. The van der Waals surface area contributed by atoms with E-state index in [1.807, 2.05) is 0 Å². The Kier molecular flexibility index (Phi) is 5.48. The van der Waals surface area contributed by atoms with Gasteiger partial charge in [-0.05, 0) is 36.4 Å². The normalized spacial score (nSPS) is 9.91. The molecule has 0 heterocycles. The fourth-order valence-corrected chi connectivity index (χ4v) is 1.82. The lowest BCUT2D eigenvalue weighted by molar-refractivity contribution is -0.123. The lowest BCUT2D eigenvalue weighted by atomic mass is 10.2. The van der Waals surface area contributed by atoms with Crippen LogP contribution in [0.15, 0.2) is 53.0 Å². The van der Waals surface area contributed by atoms with Crippen molar-refractivity contribution in [2.45, 2.75) is 0 Å². The zero-order chi connectivity index (χ0) is 15.9. The van der Waals surface area contributed by atoms with Crippen molar-refractivity contribution in [3.63, 3.8) is 0 Å². The monoisotopic (exact) mass is 366 g/mol. The average Bonchev–Trinajstić information content (AvgIpc) is 2.52. The Bertz CT molecular complexity index is 677. The van der Waals surface area contributed by atoms with Gasteiger partial charge in [-0.1, -0.05) is 28.1 Å². The molecule has 2 N–H and O–H groups in total. The molecule has 0 spiro atoms. The third kappa shape index (κ3) is 4.56. The first-order valence-corrected chi connectivity index (χ1v) is 7.07. The Hall–Kier alpha value is -2.41. The number of carbonyl (C=O) groups is 2. The van der Waals surface area contributed by atoms with Crippen LogP contribution in [0.3, 0.4) is 0 Å². The van der Waals surface area contributed by atoms with Gasteiger partial charge >= 0.3 is 0 Å². The Balaban J connectivity index is 1.79. The molecule has 114 valence electrons. The number of carbonyl (C=O) groups excluding carboxylic acids is 2. The zero-order valence-electron chi connectivity index (χ0n) is 11.3. The highest BCUT2D eigenvalue weighted by Crippen LogP contribution is 2.15. The first-order valence-electron chi connectivity index (χ1n) is 6.28. The van der Waals surface area contributed by atoms with Crippen LogP contribution in [0.2, 0.25) is 0 Å². The van der Waals surface area contributed by atoms with Crippen LogP contribution in [0.1, 0.15) is 10.4 Å². The van der Waals surface area contributed by atoms with Crippen molar-refractivity contribution in [1.29, 1.82) is 0 Å². The molecule has 0 aliphatic carbocycles. The van der Waals surface area contributed by atoms with Gasteiger partial charge in [0.25, 0.3) is 11.8 Å². The van der Waals surface area contributed by atoms with Gasteiger partial charge in [0.2, 0.25) is 0 Å². The molecule has 2 amide bonds. The van der Waals surface area contributed by atoms with Crippen LogP contribution in [0.25, 0.3) is 0 Å². The first kappa shape index (κ1) is 16.0. The summed E-state index contributed by atoms with van der Waals surface area (Å²) in [6.07, 6.45) is 0. The summed E-state index contributed by atoms with van der Waals surface area (Å²) in [5, 5.41) is 0. The second-order valence-corrected chi connectivity index (χ2v) is 5.14. The lowest BCUT2D eigenvalue weighted by Crippen LogP contribution is -2.44. The molecule has 0 aromatic heterocycles. The highest BCUT2D eigenvalue weighted by Gasteiger charge is 2.11. The molecule has 0 aliphatic rings. The van der Waals surface area contributed by atoms with Crippen molar-refractivity contribution in [2.24, 2.45) is 0 Å². The number of hydrogen-bond acceptors (Lipinski definition) is 3. The van der Waals surface area contributed by atoms with Crippen LogP contribution in [0, 0.1) is 5.82 Å². The number of ether oxygens (including phenoxy) is 1. The maximum atomic E-state index is 13.4. The summed E-state index contributed by atoms with van der Waals surface area (Å²) in [6.45, 7) is -0.279. The highest BCUT2D eigenvalue weighted by molar-refractivity contribution is 9.10. The summed E-state index contributed by atoms with van der Waals surface area (Å²) < 4.78 is 19.5. The quantitative estimate of drug-likeness (QED) is 0.816. The van der Waals surface area contributed by atoms with E-state index in [1.165, 1.54) is 18.2 Å². The van der Waals surface area contributed by atoms with Crippen molar-refractivity contribution >= 4 is 27.7 Å². The molecule has 2 aromatic rings. The molecule has 0 saturated heterocycles. The fourth-order valence-electron chi connectivity index (χ4n) is 1.55. The smallest absolute Gasteiger partial charge is 0.276 e. The number of benzene rings is 2. The van der Waals surface area contributed by atoms with Crippen LogP contribution in [0.4, 0.5) is 4.39 Å². The van der Waals surface area contributed by atoms with E-state index in [4.69, 9.17) is 4.74 Å². The molecular formula is C15H12BrFN2O3. The summed E-state index contributed by atoms with van der Waals surface area (Å²) in [5.74, 6) is -1.46. The van der Waals surface area contributed by atoms with E-state index in [0.29, 0.717) is 5.75 Å². The predicted octanol–water partition coefficient (Wildman–Crippen LogP) is 2.43. The van der Waals surface area contributed by atoms with E-state index >= 15 is 0 Å². The van der Waals surface area contributed by atoms with Gasteiger partial charge in [-0.15, -0.1) is 0 Å². The minimum atomic E-state index is -0.741. The van der Waals surface area contributed by atoms with Gasteiger partial charge in [0.15, 0.2) is 6.61 Å². The standard InChI is InChI=1S/C15H12BrFN2O3/c16-10-5-7-11(8-6-10)22-9-14(20)18-19-15(21)12-3-1-2-4-13(12)17/h1-8H,9H2,(H,18,20)(H,19,21). The van der Waals surface area contributed by atoms with Gasteiger partial charge < -0.3 is 4.74 Å². The van der Waals surface area contributed by atoms with Crippen LogP contribution in [-0.4, -0.2) is 18.4 Å². The number of halogens is 2. The van der Waals surface area contributed by atoms with E-state index in [9.17, 15) is 14.0 Å². The predicted molar refractivity (Wildman–Crippen MR) is 81.6 cm³/mol. The van der Waals surface area contributed by atoms with E-state index < -0.39 is 17.6 Å². The molecule has 22 heavy (non-hydrogen) atoms. The van der Waals surface area contributed by atoms with E-state index in [-0.39, 0.29) is 12.2 Å². The van der Waals surface area contributed by atoms with Crippen LogP contribution in [-0.2, 0) is 4.79 Å². The SMILES string of the molecule is O=C(COc1ccc(Br)cc1)NNC(=O)c1ccccc1F. The van der Waals surface area contributed by atoms with Crippen LogP contribution >= 0.6 is 15.9 Å². The topological polar surface area (TPSA) is 67.4 Å². The fraction of sp³-hybridized carbons (Fsp3) is 0.0667. The van der Waals surface area contributed by atoms with Gasteiger partial charge in [0.05, 0.1) is 5.56 Å². The summed E-state index contributed by atoms with van der Waals surface area (Å²) in [5.41, 5.74) is 4.11. The Labute approximate surface area is 134 Å². The summed E-state index contributed by atoms with van der Waals surface area (Å²) in [6, 6.07) is 12.4. The molecule has 2 aromatic carbocycles. The first-order chi connectivity index (χ1) is 10.6. The second kappa shape index (κ2) is 7.56. The molecule has 5 nitrogen and oxygen atoms in total. The van der Waals surface area contributed by atoms with E-state index in [1.54, 1.807) is 24.3 Å². The van der Waals surface area contributed by atoms with Gasteiger partial charge in [-0.3, -0.25) is 20.4 Å². The van der Waals surface area contributed by atoms with Crippen molar-refractivity contribution in [3.05, 3.63) is 64.4 Å². The number of hydrazine groups is 1. The molecule has 0 radical (unpaired) electrons. The highest BCUT2D eigenvalue weighted by atomic mass is 79.9. The third-order valence-corrected chi connectivity index (χ3v) is 3.15. The summed E-state index contributed by atoms with van der Waals surface area (Å²) in [4.78, 5) is 23.2. The van der Waals surface area contributed by atoms with Gasteiger partial charge in [-0.2, -0.15) is 0 Å². The van der Waals surface area contributed by atoms with Crippen molar-refractivity contribution < 1.29 is 18.7 Å². The van der Waals surface area contributed by atoms with Gasteiger partial charge in [0, 0.05) is 4.47 Å². The molecular weight excluding hydrogens is 355 g/mol. The Morgan fingerprint density at radius 2 is 1.73 bits per heavy atom. The summed E-state index contributed by atoms with van der Waals surface area (Å²) >= 11 is 3.28. The molecule has 0 saturated carbocycles. The molecule has 7 heteroatoms. The van der Waals surface area contributed by atoms with Gasteiger partial charge in [0.1, 0.15) is 11.6 Å². The molecule has 2 rings (SSSR count). The van der Waals surface area contributed by atoms with Crippen molar-refractivity contribution in [1.82, 2.24) is 10.9 Å². The number of nitrogens with one attached hydrogen (secondary N) is 2. The zero-order valence-corrected chi connectivity index (χ0v) is 12.9. The minimum absolute atomic E-state index is 0.156. The maximum Gasteiger partial charge on any atom is 0.276 e. The number of amides is 2. The number of hydrogen-bond donors (Lipinski definition) is 2. The molecule has 0 bridgehead atoms. The number of rotatable bonds is 4. The average molecular weight is 367 g/mol. The van der Waals surface area contributed by atoms with Gasteiger partial charge in [-0.25, -0.2) is 4.39 Å². The Morgan fingerprint density at radius 1 is 1.05 bits per heavy atom. The molecule has 0 fully saturated rings. The second-order valence-electron chi connectivity index (χ2n) is 4.22. The lowest BCUT2D eigenvalue weighted by Gasteiger charge is -2.09. The largest absolute Gasteiger partial charge is 0.484 e. The molecule has 0 atom stereocenters. The molecule has 0 aliphatic heterocycles. The van der Waals surface area contributed by atoms with Crippen molar-refractivity contribution in [3.8, 4) is 5.75 Å². The Morgan fingerprint density at radius 3 is 2.41 bits per heavy atom. The third-order valence-electron chi connectivity index (χ3n) is 2.62. The maximum absolute atomic E-state index is 13.4. The van der Waals surface area contributed by atoms with Crippen LogP contribution in [0.5, 0.6) is 5.75 Å². The summed E-state index contributed by atoms with van der Waals surface area (Å²) in [7, 11) is 0. The van der Waals surface area contributed by atoms with E-state index in [2.05, 4.69) is 26.8 Å². The van der Waals surface area contributed by atoms with Crippen molar-refractivity contribution in [2.75, 3.05) is 6.61 Å². The van der Waals surface area contributed by atoms with E-state index in [0.717, 1.165) is 10.5 Å². The minimum Gasteiger partial charge on any atom is -0.484 e. The van der Waals surface area contributed by atoms with Crippen LogP contribution < -0.4 is 15.6 Å².